The van der Waals surface area contributed by atoms with Crippen molar-refractivity contribution in [3.63, 3.8) is 0 Å². The summed E-state index contributed by atoms with van der Waals surface area (Å²) in [6.45, 7) is 3.57. The molecule has 1 heterocycles. The topological polar surface area (TPSA) is 42.2 Å². The van der Waals surface area contributed by atoms with Gasteiger partial charge in [-0.05, 0) is 36.9 Å². The molecule has 0 saturated heterocycles. The predicted molar refractivity (Wildman–Crippen MR) is 82.7 cm³/mol. The Morgan fingerprint density at radius 1 is 1.20 bits per heavy atom. The first-order valence-electron chi connectivity index (χ1n) is 6.22. The van der Waals surface area contributed by atoms with Gasteiger partial charge in [0.05, 0.1) is 33.0 Å². The Hall–Kier alpha value is -0.810. The molecule has 0 aliphatic heterocycles. The first-order chi connectivity index (χ1) is 9.60. The third kappa shape index (κ3) is 4.09. The molecule has 3 nitrogen and oxygen atoms in total. The average Bonchev–Trinajstić information content (AvgIpc) is 2.86. The molecule has 0 amide bonds. The summed E-state index contributed by atoms with van der Waals surface area (Å²) >= 11 is 11.9. The normalized spacial score (nSPS) is 12.6. The average molecular weight is 332 g/mol. The lowest BCUT2D eigenvalue weighted by molar-refractivity contribution is 0.461. The van der Waals surface area contributed by atoms with Crippen LogP contribution in [0.2, 0.25) is 10.0 Å². The van der Waals surface area contributed by atoms with Crippen LogP contribution in [0.5, 0.6) is 0 Å². The molecule has 0 bridgehead atoms. The van der Waals surface area contributed by atoms with Crippen molar-refractivity contribution < 1.29 is 8.63 Å². The fraction of sp³-hybridized carbons (Fsp3) is 0.286. The van der Waals surface area contributed by atoms with Gasteiger partial charge >= 0.3 is 0 Å². The van der Waals surface area contributed by atoms with Gasteiger partial charge in [-0.25, -0.2) is 0 Å². The Morgan fingerprint density at radius 2 is 1.95 bits per heavy atom. The zero-order valence-electron chi connectivity index (χ0n) is 11.0. The molecule has 6 heteroatoms. The molecule has 1 N–H and O–H groups in total. The molecule has 1 aromatic carbocycles. The maximum Gasteiger partial charge on any atom is 0.118 e. The fourth-order valence-electron chi connectivity index (χ4n) is 1.70. The molecule has 0 saturated carbocycles. The minimum atomic E-state index is -1.28. The van der Waals surface area contributed by atoms with Gasteiger partial charge in [0.2, 0.25) is 0 Å². The van der Waals surface area contributed by atoms with Crippen molar-refractivity contribution in [2.24, 2.45) is 0 Å². The highest BCUT2D eigenvalue weighted by molar-refractivity contribution is 7.84. The molecule has 1 atom stereocenters. The van der Waals surface area contributed by atoms with E-state index in [1.165, 1.54) is 0 Å². The van der Waals surface area contributed by atoms with Crippen molar-refractivity contribution >= 4 is 34.0 Å². The maximum absolute atomic E-state index is 12.3. The van der Waals surface area contributed by atoms with Gasteiger partial charge in [0.25, 0.3) is 0 Å². The van der Waals surface area contributed by atoms with Crippen LogP contribution in [-0.2, 0) is 23.1 Å². The molecule has 2 aromatic rings. The van der Waals surface area contributed by atoms with E-state index in [0.29, 0.717) is 27.2 Å². The number of nitrogens with one attached hydrogen (secondary N) is 1. The Bertz CT molecular complexity index is 613. The van der Waals surface area contributed by atoms with Gasteiger partial charge in [0.1, 0.15) is 11.5 Å². The van der Waals surface area contributed by atoms with Gasteiger partial charge in [-0.3, -0.25) is 4.21 Å². The number of furan rings is 1. The van der Waals surface area contributed by atoms with Gasteiger partial charge < -0.3 is 9.73 Å². The quantitative estimate of drug-likeness (QED) is 0.869. The molecule has 0 aliphatic rings. The predicted octanol–water partition coefficient (Wildman–Crippen LogP) is 4.00. The van der Waals surface area contributed by atoms with Crippen LogP contribution in [0.25, 0.3) is 0 Å². The minimum absolute atomic E-state index is 0.284. The van der Waals surface area contributed by atoms with Crippen LogP contribution >= 0.6 is 23.2 Å². The summed E-state index contributed by atoms with van der Waals surface area (Å²) in [5.74, 6) is 1.79. The van der Waals surface area contributed by atoms with Crippen LogP contribution in [0.1, 0.15) is 18.4 Å². The fourth-order valence-corrected chi connectivity index (χ4v) is 3.43. The Labute approximate surface area is 130 Å². The number of benzene rings is 1. The first-order valence-corrected chi connectivity index (χ1v) is 8.29. The second-order valence-electron chi connectivity index (χ2n) is 4.21. The highest BCUT2D eigenvalue weighted by Crippen LogP contribution is 2.25. The van der Waals surface area contributed by atoms with Gasteiger partial charge in [0.15, 0.2) is 0 Å². The van der Waals surface area contributed by atoms with E-state index in [4.69, 9.17) is 27.6 Å². The Balaban J connectivity index is 2.07. The molecule has 0 fully saturated rings. The van der Waals surface area contributed by atoms with E-state index in [-0.39, 0.29) is 5.75 Å². The first kappa shape index (κ1) is 15.6. The highest BCUT2D eigenvalue weighted by atomic mass is 35.5. The monoisotopic (exact) mass is 331 g/mol. The van der Waals surface area contributed by atoms with Crippen molar-refractivity contribution in [1.29, 1.82) is 0 Å². The number of hydrogen-bond donors (Lipinski definition) is 1. The highest BCUT2D eigenvalue weighted by Gasteiger charge is 2.12. The molecular formula is C14H15Cl2NO2S. The zero-order valence-corrected chi connectivity index (χ0v) is 13.3. The molecule has 108 valence electrons. The molecule has 1 unspecified atom stereocenters. The SMILES string of the molecule is CCNCc1ccc(CS(=O)c2cc(Cl)ccc2Cl)o1. The summed E-state index contributed by atoms with van der Waals surface area (Å²) in [5, 5.41) is 4.14. The number of rotatable bonds is 6. The van der Waals surface area contributed by atoms with E-state index < -0.39 is 10.8 Å². The van der Waals surface area contributed by atoms with E-state index in [1.54, 1.807) is 18.2 Å². The summed E-state index contributed by atoms with van der Waals surface area (Å²) in [6, 6.07) is 8.67. The maximum atomic E-state index is 12.3. The third-order valence-electron chi connectivity index (χ3n) is 2.68. The zero-order chi connectivity index (χ0) is 14.5. The molecule has 2 rings (SSSR count). The lowest BCUT2D eigenvalue weighted by atomic mass is 10.4. The molecule has 0 aliphatic carbocycles. The number of halogens is 2. The van der Waals surface area contributed by atoms with E-state index >= 15 is 0 Å². The van der Waals surface area contributed by atoms with Crippen LogP contribution in [0.15, 0.2) is 39.6 Å². The minimum Gasteiger partial charge on any atom is -0.464 e. The van der Waals surface area contributed by atoms with Gasteiger partial charge in [-0.15, -0.1) is 0 Å². The van der Waals surface area contributed by atoms with Crippen molar-refractivity contribution in [3.8, 4) is 0 Å². The largest absolute Gasteiger partial charge is 0.464 e. The molecule has 1 aromatic heterocycles. The summed E-state index contributed by atoms with van der Waals surface area (Å²) in [5.41, 5.74) is 0. The van der Waals surface area contributed by atoms with Crippen LogP contribution in [0.3, 0.4) is 0 Å². The van der Waals surface area contributed by atoms with Crippen molar-refractivity contribution in [2.45, 2.75) is 24.1 Å². The number of hydrogen-bond acceptors (Lipinski definition) is 3. The van der Waals surface area contributed by atoms with E-state index in [9.17, 15) is 4.21 Å². The lowest BCUT2D eigenvalue weighted by Gasteiger charge is -2.04. The van der Waals surface area contributed by atoms with Crippen molar-refractivity contribution in [1.82, 2.24) is 5.32 Å². The Morgan fingerprint density at radius 3 is 2.70 bits per heavy atom. The summed E-state index contributed by atoms with van der Waals surface area (Å²) < 4.78 is 17.9. The second kappa shape index (κ2) is 7.27. The summed E-state index contributed by atoms with van der Waals surface area (Å²) in [4.78, 5) is 0.531. The molecular weight excluding hydrogens is 317 g/mol. The van der Waals surface area contributed by atoms with Crippen molar-refractivity contribution in [2.75, 3.05) is 6.54 Å². The third-order valence-corrected chi connectivity index (χ3v) is 4.73. The van der Waals surface area contributed by atoms with Crippen LogP contribution < -0.4 is 5.32 Å². The van der Waals surface area contributed by atoms with Crippen LogP contribution in [0.4, 0.5) is 0 Å². The molecule has 0 radical (unpaired) electrons. The van der Waals surface area contributed by atoms with Gasteiger partial charge in [0, 0.05) is 5.02 Å². The van der Waals surface area contributed by atoms with E-state index in [2.05, 4.69) is 5.32 Å². The second-order valence-corrected chi connectivity index (χ2v) is 6.48. The smallest absolute Gasteiger partial charge is 0.118 e. The van der Waals surface area contributed by atoms with Gasteiger partial charge in [-0.2, -0.15) is 0 Å². The van der Waals surface area contributed by atoms with E-state index in [1.807, 2.05) is 19.1 Å². The summed E-state index contributed by atoms with van der Waals surface area (Å²) in [6.07, 6.45) is 0. The Kier molecular flexibility index (Phi) is 5.66. The van der Waals surface area contributed by atoms with E-state index in [0.717, 1.165) is 12.3 Å². The summed E-state index contributed by atoms with van der Waals surface area (Å²) in [7, 11) is -1.28. The van der Waals surface area contributed by atoms with Gasteiger partial charge in [-0.1, -0.05) is 30.1 Å². The molecule has 20 heavy (non-hydrogen) atoms. The standard InChI is InChI=1S/C14H15Cl2NO2S/c1-2-17-8-11-4-5-12(19-11)9-20(18)14-7-10(15)3-6-13(14)16/h3-7,17H,2,8-9H2,1H3. The van der Waals surface area contributed by atoms with Crippen LogP contribution in [-0.4, -0.2) is 10.8 Å². The molecule has 0 spiro atoms. The van der Waals surface area contributed by atoms with Crippen molar-refractivity contribution in [3.05, 3.63) is 51.9 Å². The lowest BCUT2D eigenvalue weighted by Crippen LogP contribution is -2.10. The van der Waals surface area contributed by atoms with Crippen LogP contribution in [0, 0.1) is 0 Å².